The van der Waals surface area contributed by atoms with Gasteiger partial charge in [0.1, 0.15) is 6.61 Å². The van der Waals surface area contributed by atoms with E-state index in [0.29, 0.717) is 5.56 Å². The molecule has 174 valence electrons. The fraction of sp³-hybridized carbons (Fsp3) is 0.241. The van der Waals surface area contributed by atoms with Crippen molar-refractivity contribution in [3.63, 3.8) is 0 Å². The van der Waals surface area contributed by atoms with Gasteiger partial charge in [0.05, 0.1) is 5.69 Å². The third kappa shape index (κ3) is 5.61. The molecule has 4 rings (SSSR count). The van der Waals surface area contributed by atoms with Crippen molar-refractivity contribution in [2.45, 2.75) is 26.2 Å². The van der Waals surface area contributed by atoms with E-state index in [2.05, 4.69) is 28.4 Å². The molecule has 3 aromatic rings. The van der Waals surface area contributed by atoms with Crippen LogP contribution in [0.15, 0.2) is 72.8 Å². The fourth-order valence-electron chi connectivity index (χ4n) is 4.34. The molecule has 1 saturated heterocycles. The number of amides is 1. The lowest BCUT2D eigenvalue weighted by Crippen LogP contribution is -2.29. The predicted octanol–water partition coefficient (Wildman–Crippen LogP) is 5.48. The molecule has 2 N–H and O–H groups in total. The number of aliphatic hydroxyl groups excluding tert-OH is 1. The average Bonchev–Trinajstić information content (AvgIpc) is 2.88. The van der Waals surface area contributed by atoms with Crippen molar-refractivity contribution in [1.82, 2.24) is 0 Å². The van der Waals surface area contributed by atoms with Gasteiger partial charge in [0.25, 0.3) is 5.91 Å². The van der Waals surface area contributed by atoms with Gasteiger partial charge in [-0.05, 0) is 73.2 Å². The molecule has 0 atom stereocenters. The van der Waals surface area contributed by atoms with Crippen molar-refractivity contribution in [2.75, 3.05) is 29.9 Å². The molecule has 34 heavy (non-hydrogen) atoms. The van der Waals surface area contributed by atoms with E-state index in [1.807, 2.05) is 55.5 Å². The van der Waals surface area contributed by atoms with E-state index in [0.717, 1.165) is 46.7 Å². The summed E-state index contributed by atoms with van der Waals surface area (Å²) in [6.45, 7) is 3.57. The molecule has 1 aliphatic rings. The lowest BCUT2D eigenvalue weighted by Gasteiger charge is -2.29. The van der Waals surface area contributed by atoms with Crippen LogP contribution in [0, 0.1) is 6.92 Å². The summed E-state index contributed by atoms with van der Waals surface area (Å²) in [4.78, 5) is 26.8. The van der Waals surface area contributed by atoms with E-state index in [9.17, 15) is 9.59 Å². The Hall–Kier alpha value is -3.70. The summed E-state index contributed by atoms with van der Waals surface area (Å²) in [5.41, 5.74) is 6.37. The van der Waals surface area contributed by atoms with Crippen LogP contribution in [0.4, 0.5) is 11.4 Å². The highest BCUT2D eigenvalue weighted by Crippen LogP contribution is 2.35. The number of carbonyl (C=O) groups excluding carboxylic acids is 2. The first-order chi connectivity index (χ1) is 16.5. The number of aryl methyl sites for hydroxylation is 1. The second-order valence-corrected chi connectivity index (χ2v) is 8.63. The van der Waals surface area contributed by atoms with Crippen LogP contribution in [0.5, 0.6) is 0 Å². The van der Waals surface area contributed by atoms with Gasteiger partial charge < -0.3 is 15.3 Å². The Morgan fingerprint density at radius 2 is 1.68 bits per heavy atom. The molecule has 3 aromatic carbocycles. The van der Waals surface area contributed by atoms with Crippen molar-refractivity contribution >= 4 is 29.1 Å². The highest BCUT2D eigenvalue weighted by molar-refractivity contribution is 6.06. The van der Waals surface area contributed by atoms with Gasteiger partial charge in [0.2, 0.25) is 0 Å². The summed E-state index contributed by atoms with van der Waals surface area (Å²) >= 11 is 0. The lowest BCUT2D eigenvalue weighted by atomic mass is 9.96. The molecule has 0 radical (unpaired) electrons. The number of nitrogens with one attached hydrogen (secondary N) is 1. The molecule has 0 aromatic heterocycles. The molecular formula is C29H30N2O3. The minimum atomic E-state index is -0.499. The standard InChI is InChI=1S/C29H30N2O3/c1-21-18-22(10-13-25(33)20-32)11-14-26(21)27-15-12-24(31-16-6-3-7-17-31)19-28(27)30-29(34)23-8-4-2-5-9-23/h2,4-5,8-15,18-19,32H,3,6-7,16-17,20H2,1H3,(H,30,34)/b13-10+. The molecule has 1 fully saturated rings. The molecule has 0 saturated carbocycles. The van der Waals surface area contributed by atoms with Crippen molar-refractivity contribution in [1.29, 1.82) is 0 Å². The van der Waals surface area contributed by atoms with Crippen LogP contribution >= 0.6 is 0 Å². The van der Waals surface area contributed by atoms with E-state index < -0.39 is 6.61 Å². The van der Waals surface area contributed by atoms with Crippen LogP contribution in [0.2, 0.25) is 0 Å². The first-order valence-electron chi connectivity index (χ1n) is 11.7. The average molecular weight is 455 g/mol. The van der Waals surface area contributed by atoms with Crippen LogP contribution in [0.1, 0.15) is 40.7 Å². The molecule has 0 unspecified atom stereocenters. The highest BCUT2D eigenvalue weighted by atomic mass is 16.3. The first kappa shape index (κ1) is 23.5. The quantitative estimate of drug-likeness (QED) is 0.464. The second-order valence-electron chi connectivity index (χ2n) is 8.63. The largest absolute Gasteiger partial charge is 0.388 e. The van der Waals surface area contributed by atoms with Crippen LogP contribution < -0.4 is 10.2 Å². The fourth-order valence-corrected chi connectivity index (χ4v) is 4.34. The third-order valence-electron chi connectivity index (χ3n) is 6.17. The number of hydrogen-bond acceptors (Lipinski definition) is 4. The molecule has 1 heterocycles. The molecule has 0 spiro atoms. The number of ketones is 1. The molecule has 5 heteroatoms. The van der Waals surface area contributed by atoms with Crippen LogP contribution in [-0.4, -0.2) is 36.5 Å². The second kappa shape index (κ2) is 10.9. The van der Waals surface area contributed by atoms with Gasteiger partial charge in [0.15, 0.2) is 5.78 Å². The molecule has 0 aliphatic carbocycles. The Balaban J connectivity index is 1.70. The summed E-state index contributed by atoms with van der Waals surface area (Å²) in [5, 5.41) is 12.1. The van der Waals surface area contributed by atoms with E-state index in [1.165, 1.54) is 25.3 Å². The van der Waals surface area contributed by atoms with Crippen LogP contribution in [0.3, 0.4) is 0 Å². The van der Waals surface area contributed by atoms with Crippen LogP contribution in [0.25, 0.3) is 17.2 Å². The Morgan fingerprint density at radius 3 is 2.38 bits per heavy atom. The lowest BCUT2D eigenvalue weighted by molar-refractivity contribution is -0.117. The van der Waals surface area contributed by atoms with Gasteiger partial charge >= 0.3 is 0 Å². The number of anilines is 2. The smallest absolute Gasteiger partial charge is 0.255 e. The summed E-state index contributed by atoms with van der Waals surface area (Å²) in [7, 11) is 0. The molecule has 5 nitrogen and oxygen atoms in total. The van der Waals surface area contributed by atoms with E-state index in [4.69, 9.17) is 5.11 Å². The van der Waals surface area contributed by atoms with Crippen molar-refractivity contribution in [3.05, 3.63) is 89.5 Å². The Kier molecular flexibility index (Phi) is 7.55. The SMILES string of the molecule is Cc1cc(/C=C/C(=O)CO)ccc1-c1ccc(N2CCCCC2)cc1NC(=O)c1ccccc1. The zero-order chi connectivity index (χ0) is 23.9. The molecule has 1 aliphatic heterocycles. The van der Waals surface area contributed by atoms with Gasteiger partial charge in [-0.15, -0.1) is 0 Å². The number of nitrogens with zero attached hydrogens (tertiary/aromatic N) is 1. The van der Waals surface area contributed by atoms with E-state index >= 15 is 0 Å². The summed E-state index contributed by atoms with van der Waals surface area (Å²) in [6, 6.07) is 21.5. The number of aliphatic hydroxyl groups is 1. The maximum atomic E-state index is 13.0. The van der Waals surface area contributed by atoms with Gasteiger partial charge in [-0.25, -0.2) is 0 Å². The van der Waals surface area contributed by atoms with Crippen molar-refractivity contribution < 1.29 is 14.7 Å². The molecular weight excluding hydrogens is 424 g/mol. The van der Waals surface area contributed by atoms with Crippen molar-refractivity contribution in [3.8, 4) is 11.1 Å². The topological polar surface area (TPSA) is 69.6 Å². The number of carbonyl (C=O) groups is 2. The molecule has 1 amide bonds. The Labute approximate surface area is 200 Å². The maximum absolute atomic E-state index is 13.0. The number of piperidine rings is 1. The van der Waals surface area contributed by atoms with E-state index in [1.54, 1.807) is 6.08 Å². The number of hydrogen-bond donors (Lipinski definition) is 2. The maximum Gasteiger partial charge on any atom is 0.255 e. The van der Waals surface area contributed by atoms with Gasteiger partial charge in [-0.2, -0.15) is 0 Å². The highest BCUT2D eigenvalue weighted by Gasteiger charge is 2.17. The minimum Gasteiger partial charge on any atom is -0.388 e. The zero-order valence-corrected chi connectivity index (χ0v) is 19.5. The Bertz CT molecular complexity index is 1200. The zero-order valence-electron chi connectivity index (χ0n) is 19.5. The number of rotatable bonds is 7. The molecule has 0 bridgehead atoms. The minimum absolute atomic E-state index is 0.141. The van der Waals surface area contributed by atoms with Gasteiger partial charge in [0, 0.05) is 29.9 Å². The van der Waals surface area contributed by atoms with Gasteiger partial charge in [-0.1, -0.05) is 48.5 Å². The first-order valence-corrected chi connectivity index (χ1v) is 11.7. The Morgan fingerprint density at radius 1 is 0.941 bits per heavy atom. The van der Waals surface area contributed by atoms with E-state index in [-0.39, 0.29) is 11.7 Å². The third-order valence-corrected chi connectivity index (χ3v) is 6.17. The summed E-state index contributed by atoms with van der Waals surface area (Å²) in [5.74, 6) is -0.474. The van der Waals surface area contributed by atoms with Gasteiger partial charge in [-0.3, -0.25) is 9.59 Å². The summed E-state index contributed by atoms with van der Waals surface area (Å²) in [6.07, 6.45) is 6.71. The number of benzene rings is 3. The summed E-state index contributed by atoms with van der Waals surface area (Å²) < 4.78 is 0. The van der Waals surface area contributed by atoms with Crippen LogP contribution in [-0.2, 0) is 4.79 Å². The van der Waals surface area contributed by atoms with Crippen molar-refractivity contribution in [2.24, 2.45) is 0 Å². The predicted molar refractivity (Wildman–Crippen MR) is 138 cm³/mol. The monoisotopic (exact) mass is 454 g/mol. The normalized spacial score (nSPS) is 13.8.